The molecule has 0 aromatic rings. The summed E-state index contributed by atoms with van der Waals surface area (Å²) in [7, 11) is 0. The van der Waals surface area contributed by atoms with Gasteiger partial charge in [-0.15, -0.1) is 0 Å². The van der Waals surface area contributed by atoms with Crippen molar-refractivity contribution in [2.24, 2.45) is 5.41 Å². The smallest absolute Gasteiger partial charge is 0 e. The maximum absolute atomic E-state index is 3.93. The van der Waals surface area contributed by atoms with E-state index >= 15 is 0 Å². The van der Waals surface area contributed by atoms with Crippen LogP contribution in [0.25, 0.3) is 0 Å². The molecule has 0 aromatic carbocycles. The summed E-state index contributed by atoms with van der Waals surface area (Å²) < 4.78 is 0. The Morgan fingerprint density at radius 3 is 2.10 bits per heavy atom. The van der Waals surface area contributed by atoms with Gasteiger partial charge in [0.15, 0.2) is 0 Å². The number of hydrogen-bond acceptors (Lipinski definition) is 1. The summed E-state index contributed by atoms with van der Waals surface area (Å²) in [5.74, 6) is 0. The van der Waals surface area contributed by atoms with Gasteiger partial charge in [-0.25, -0.2) is 0 Å². The molecule has 1 heterocycles. The van der Waals surface area contributed by atoms with Crippen molar-refractivity contribution in [3.8, 4) is 0 Å². The van der Waals surface area contributed by atoms with Crippen LogP contribution in [0.15, 0.2) is 0 Å². The van der Waals surface area contributed by atoms with Crippen molar-refractivity contribution in [2.45, 2.75) is 19.3 Å². The average Bonchev–Trinajstić information content (AvgIpc) is 2.36. The molecule has 0 saturated carbocycles. The first-order valence-corrected chi connectivity index (χ1v) is 3.62. The zero-order valence-electron chi connectivity index (χ0n) is 6.53. The van der Waals surface area contributed by atoms with Crippen LogP contribution in [-0.4, -0.2) is 13.1 Å². The van der Waals surface area contributed by atoms with Gasteiger partial charge in [0.1, 0.15) is 0 Å². The van der Waals surface area contributed by atoms with E-state index in [0.29, 0.717) is 5.41 Å². The van der Waals surface area contributed by atoms with E-state index in [-0.39, 0.29) is 32.7 Å². The summed E-state index contributed by atoms with van der Waals surface area (Å²) in [5, 5.41) is 3.34. The molecule has 1 aliphatic heterocycles. The largest absolute Gasteiger partial charge is 0.343 e. The fraction of sp³-hybridized carbons (Fsp3) is 0.750. The molecule has 1 fully saturated rings. The molecular formula is C8H15NY-2. The number of rotatable bonds is 2. The topological polar surface area (TPSA) is 12.0 Å². The van der Waals surface area contributed by atoms with Gasteiger partial charge in [-0.05, 0) is 19.5 Å². The Hall–Kier alpha value is 1.06. The minimum atomic E-state index is 0. The van der Waals surface area contributed by atoms with Crippen molar-refractivity contribution in [3.63, 3.8) is 0 Å². The molecule has 0 aliphatic carbocycles. The first-order valence-electron chi connectivity index (χ1n) is 3.62. The third-order valence-corrected chi connectivity index (χ3v) is 2.39. The van der Waals surface area contributed by atoms with Crippen LogP contribution >= 0.6 is 0 Å². The normalized spacial score (nSPS) is 22.2. The zero-order valence-corrected chi connectivity index (χ0v) is 9.37. The van der Waals surface area contributed by atoms with Crippen LogP contribution in [-0.2, 0) is 32.7 Å². The molecule has 1 saturated heterocycles. The molecule has 10 heavy (non-hydrogen) atoms. The molecule has 1 nitrogen and oxygen atoms in total. The van der Waals surface area contributed by atoms with Crippen molar-refractivity contribution in [1.29, 1.82) is 0 Å². The van der Waals surface area contributed by atoms with Crippen molar-refractivity contribution in [1.82, 2.24) is 5.32 Å². The van der Waals surface area contributed by atoms with E-state index in [4.69, 9.17) is 0 Å². The van der Waals surface area contributed by atoms with Crippen LogP contribution in [0.2, 0.25) is 0 Å². The van der Waals surface area contributed by atoms with Crippen LogP contribution in [0, 0.1) is 19.3 Å². The molecule has 0 amide bonds. The average molecular weight is 214 g/mol. The van der Waals surface area contributed by atoms with Crippen molar-refractivity contribution < 1.29 is 32.7 Å². The second-order valence-electron chi connectivity index (χ2n) is 2.93. The van der Waals surface area contributed by atoms with Crippen molar-refractivity contribution in [3.05, 3.63) is 13.8 Å². The van der Waals surface area contributed by atoms with E-state index < -0.39 is 0 Å². The Kier molecular flexibility index (Phi) is 5.36. The molecule has 1 radical (unpaired) electrons. The van der Waals surface area contributed by atoms with Crippen molar-refractivity contribution >= 4 is 0 Å². The molecule has 0 unspecified atom stereocenters. The van der Waals surface area contributed by atoms with Gasteiger partial charge in [-0.3, -0.25) is 0 Å². The molecule has 2 heteroatoms. The van der Waals surface area contributed by atoms with Gasteiger partial charge in [0, 0.05) is 32.7 Å². The Morgan fingerprint density at radius 2 is 1.90 bits per heavy atom. The molecule has 0 aromatic heterocycles. The van der Waals surface area contributed by atoms with Gasteiger partial charge in [0.2, 0.25) is 0 Å². The summed E-state index contributed by atoms with van der Waals surface area (Å²) >= 11 is 0. The maximum Gasteiger partial charge on any atom is 0 e. The molecule has 0 spiro atoms. The minimum absolute atomic E-state index is 0. The number of hydrogen-bond donors (Lipinski definition) is 1. The maximum atomic E-state index is 3.93. The van der Waals surface area contributed by atoms with E-state index in [1.165, 1.54) is 6.42 Å². The molecule has 0 atom stereocenters. The van der Waals surface area contributed by atoms with Crippen LogP contribution in [0.5, 0.6) is 0 Å². The minimum Gasteiger partial charge on any atom is -0.343 e. The second kappa shape index (κ2) is 4.84. The van der Waals surface area contributed by atoms with Crippen LogP contribution in [0.4, 0.5) is 0 Å². The third-order valence-electron chi connectivity index (χ3n) is 2.39. The fourth-order valence-electron chi connectivity index (χ4n) is 1.35. The molecule has 1 rings (SSSR count). The van der Waals surface area contributed by atoms with Gasteiger partial charge in [0.05, 0.1) is 0 Å². The zero-order chi connectivity index (χ0) is 6.74. The Labute approximate surface area is 89.2 Å². The predicted molar refractivity (Wildman–Crippen MR) is 39.9 cm³/mol. The van der Waals surface area contributed by atoms with Gasteiger partial charge in [-0.1, -0.05) is 5.41 Å². The standard InChI is InChI=1S/C8H15N.Y/c1-3-8(4-2)5-6-9-7-8;/h9H,1-7H2;/q-2;. The van der Waals surface area contributed by atoms with E-state index in [2.05, 4.69) is 19.2 Å². The van der Waals surface area contributed by atoms with Crippen LogP contribution in [0.3, 0.4) is 0 Å². The summed E-state index contributed by atoms with van der Waals surface area (Å²) in [5.41, 5.74) is 0.444. The third kappa shape index (κ3) is 2.28. The first-order chi connectivity index (χ1) is 4.33. The predicted octanol–water partition coefficient (Wildman–Crippen LogP) is 1.41. The molecule has 1 N–H and O–H groups in total. The summed E-state index contributed by atoms with van der Waals surface area (Å²) in [6.45, 7) is 10.1. The number of nitrogens with one attached hydrogen (secondary N) is 1. The second-order valence-corrected chi connectivity index (χ2v) is 2.93. The quantitative estimate of drug-likeness (QED) is 0.685. The molecule has 1 aliphatic rings. The van der Waals surface area contributed by atoms with Gasteiger partial charge in [-0.2, -0.15) is 12.8 Å². The van der Waals surface area contributed by atoms with E-state index in [1.54, 1.807) is 0 Å². The van der Waals surface area contributed by atoms with Crippen LogP contribution in [0.1, 0.15) is 19.3 Å². The summed E-state index contributed by atoms with van der Waals surface area (Å²) in [6, 6.07) is 0. The molecule has 57 valence electrons. The van der Waals surface area contributed by atoms with Gasteiger partial charge in [0.25, 0.3) is 0 Å². The van der Waals surface area contributed by atoms with E-state index in [9.17, 15) is 0 Å². The van der Waals surface area contributed by atoms with Crippen molar-refractivity contribution in [2.75, 3.05) is 13.1 Å². The van der Waals surface area contributed by atoms with E-state index in [1.807, 2.05) is 0 Å². The first kappa shape index (κ1) is 11.1. The van der Waals surface area contributed by atoms with Gasteiger partial charge >= 0.3 is 0 Å². The Balaban J connectivity index is 0.000000810. The Morgan fingerprint density at radius 1 is 1.30 bits per heavy atom. The SMILES string of the molecule is [CH2-]CC1(C[CH2-])CCNC1.[Y]. The monoisotopic (exact) mass is 214 g/mol. The summed E-state index contributed by atoms with van der Waals surface area (Å²) in [4.78, 5) is 0. The summed E-state index contributed by atoms with van der Waals surface area (Å²) in [6.07, 6.45) is 3.33. The Bertz CT molecular complexity index is 81.3. The van der Waals surface area contributed by atoms with Crippen LogP contribution < -0.4 is 5.32 Å². The van der Waals surface area contributed by atoms with Gasteiger partial charge < -0.3 is 19.2 Å². The van der Waals surface area contributed by atoms with E-state index in [0.717, 1.165) is 25.9 Å². The fourth-order valence-corrected chi connectivity index (χ4v) is 1.35. The molecule has 0 bridgehead atoms. The molecular weight excluding hydrogens is 199 g/mol.